The lowest BCUT2D eigenvalue weighted by Crippen LogP contribution is -2.13. The minimum atomic E-state index is -0.0320. The Kier molecular flexibility index (Phi) is 4.35. The lowest BCUT2D eigenvalue weighted by Gasteiger charge is -2.04. The van der Waals surface area contributed by atoms with Crippen LogP contribution in [-0.4, -0.2) is 26.2 Å². The third-order valence-corrected chi connectivity index (χ3v) is 3.33. The van der Waals surface area contributed by atoms with Gasteiger partial charge in [-0.1, -0.05) is 17.8 Å². The van der Waals surface area contributed by atoms with Gasteiger partial charge in [0.25, 0.3) is 0 Å². The third kappa shape index (κ3) is 3.59. The average Bonchev–Trinajstić information content (AvgIpc) is 2.76. The van der Waals surface area contributed by atoms with Crippen LogP contribution >= 0.6 is 11.8 Å². The van der Waals surface area contributed by atoms with Crippen LogP contribution in [0.25, 0.3) is 0 Å². The van der Waals surface area contributed by atoms with Gasteiger partial charge in [-0.15, -0.1) is 0 Å². The number of pyridine rings is 1. The number of carbonyl (C=O) groups excluding carboxylic acids is 1. The number of aryl methyl sites for hydroxylation is 1. The predicted octanol–water partition coefficient (Wildman–Crippen LogP) is 1.94. The van der Waals surface area contributed by atoms with E-state index in [0.29, 0.717) is 18.0 Å². The molecular formula is C12H14N4OS. The van der Waals surface area contributed by atoms with Gasteiger partial charge in [0.15, 0.2) is 5.16 Å². The number of hydrogen-bond acceptors (Lipinski definition) is 4. The first-order valence-corrected chi connectivity index (χ1v) is 6.55. The molecule has 2 rings (SSSR count). The summed E-state index contributed by atoms with van der Waals surface area (Å²) in [6.07, 6.45) is 5.72. The highest BCUT2D eigenvalue weighted by Gasteiger charge is 2.05. The van der Waals surface area contributed by atoms with Crippen molar-refractivity contribution < 1.29 is 4.79 Å². The van der Waals surface area contributed by atoms with E-state index in [4.69, 9.17) is 0 Å². The number of amides is 1. The van der Waals surface area contributed by atoms with Gasteiger partial charge >= 0.3 is 0 Å². The van der Waals surface area contributed by atoms with Crippen LogP contribution in [0.1, 0.15) is 6.42 Å². The van der Waals surface area contributed by atoms with Crippen molar-refractivity contribution in [3.8, 4) is 0 Å². The summed E-state index contributed by atoms with van der Waals surface area (Å²) in [7, 11) is 1.93. The van der Waals surface area contributed by atoms with Gasteiger partial charge in [-0.3, -0.25) is 4.79 Å². The molecule has 0 fully saturated rings. The first-order valence-electron chi connectivity index (χ1n) is 5.57. The second-order valence-electron chi connectivity index (χ2n) is 3.68. The Labute approximate surface area is 110 Å². The summed E-state index contributed by atoms with van der Waals surface area (Å²) in [6.45, 7) is 0. The fourth-order valence-corrected chi connectivity index (χ4v) is 2.24. The van der Waals surface area contributed by atoms with E-state index in [1.54, 1.807) is 30.2 Å². The van der Waals surface area contributed by atoms with Gasteiger partial charge in [0.2, 0.25) is 5.91 Å². The smallest absolute Gasteiger partial charge is 0.226 e. The molecule has 5 nitrogen and oxygen atoms in total. The van der Waals surface area contributed by atoms with E-state index < -0.39 is 0 Å². The van der Waals surface area contributed by atoms with E-state index in [-0.39, 0.29) is 5.91 Å². The molecule has 0 saturated carbocycles. The van der Waals surface area contributed by atoms with E-state index in [1.807, 2.05) is 29.9 Å². The zero-order chi connectivity index (χ0) is 12.8. The number of carbonyl (C=O) groups is 1. The van der Waals surface area contributed by atoms with Crippen LogP contribution < -0.4 is 5.32 Å². The largest absolute Gasteiger partial charge is 0.329 e. The molecular weight excluding hydrogens is 248 g/mol. The molecule has 0 aliphatic heterocycles. The zero-order valence-electron chi connectivity index (χ0n) is 10.0. The molecule has 0 aliphatic rings. The Morgan fingerprint density at radius 1 is 1.39 bits per heavy atom. The van der Waals surface area contributed by atoms with Crippen LogP contribution in [0.4, 0.5) is 5.82 Å². The molecule has 2 heterocycles. The van der Waals surface area contributed by atoms with Gasteiger partial charge in [0.05, 0.1) is 0 Å². The quantitative estimate of drug-likeness (QED) is 0.836. The molecule has 1 N–H and O–H groups in total. The minimum absolute atomic E-state index is 0.0320. The van der Waals surface area contributed by atoms with E-state index in [1.165, 1.54) is 0 Å². The molecule has 2 aromatic heterocycles. The summed E-state index contributed by atoms with van der Waals surface area (Å²) < 4.78 is 1.93. The molecule has 18 heavy (non-hydrogen) atoms. The van der Waals surface area contributed by atoms with Crippen molar-refractivity contribution in [2.75, 3.05) is 11.1 Å². The van der Waals surface area contributed by atoms with Crippen molar-refractivity contribution in [2.45, 2.75) is 11.6 Å². The van der Waals surface area contributed by atoms with Crippen LogP contribution in [0.2, 0.25) is 0 Å². The van der Waals surface area contributed by atoms with Crippen molar-refractivity contribution in [1.82, 2.24) is 14.5 Å². The molecule has 6 heteroatoms. The summed E-state index contributed by atoms with van der Waals surface area (Å²) in [4.78, 5) is 19.8. The van der Waals surface area contributed by atoms with Crippen LogP contribution in [0.3, 0.4) is 0 Å². The maximum Gasteiger partial charge on any atom is 0.226 e. The van der Waals surface area contributed by atoms with Gasteiger partial charge in [-0.2, -0.15) is 0 Å². The summed E-state index contributed by atoms with van der Waals surface area (Å²) >= 11 is 1.56. The molecule has 0 spiro atoms. The normalized spacial score (nSPS) is 10.3. The highest BCUT2D eigenvalue weighted by Crippen LogP contribution is 2.15. The molecule has 0 aromatic carbocycles. The van der Waals surface area contributed by atoms with Crippen LogP contribution in [0, 0.1) is 0 Å². The van der Waals surface area contributed by atoms with Crippen molar-refractivity contribution in [3.63, 3.8) is 0 Å². The van der Waals surface area contributed by atoms with E-state index >= 15 is 0 Å². The maximum absolute atomic E-state index is 11.6. The molecule has 1 amide bonds. The molecule has 2 aromatic rings. The van der Waals surface area contributed by atoms with E-state index in [2.05, 4.69) is 15.3 Å². The monoisotopic (exact) mass is 262 g/mol. The Morgan fingerprint density at radius 3 is 2.94 bits per heavy atom. The number of nitrogens with zero attached hydrogens (tertiary/aromatic N) is 3. The molecule has 0 radical (unpaired) electrons. The molecule has 94 valence electrons. The second kappa shape index (κ2) is 6.20. The van der Waals surface area contributed by atoms with Crippen LogP contribution in [-0.2, 0) is 11.8 Å². The number of aromatic nitrogens is 3. The molecule has 0 atom stereocenters. The van der Waals surface area contributed by atoms with Crippen LogP contribution in [0.5, 0.6) is 0 Å². The molecule has 0 saturated heterocycles. The highest BCUT2D eigenvalue weighted by atomic mass is 32.2. The van der Waals surface area contributed by atoms with Crippen LogP contribution in [0.15, 0.2) is 41.9 Å². The summed E-state index contributed by atoms with van der Waals surface area (Å²) in [6, 6.07) is 5.42. The number of thioether (sulfide) groups is 1. The van der Waals surface area contributed by atoms with Gasteiger partial charge < -0.3 is 9.88 Å². The standard InChI is InChI=1S/C12H14N4OS/c1-16-8-7-14-12(16)18-9-5-11(17)15-10-4-2-3-6-13-10/h2-4,6-8H,5,9H2,1H3,(H,13,15,17). The minimum Gasteiger partial charge on any atom is -0.329 e. The molecule has 0 bridgehead atoms. The number of hydrogen-bond donors (Lipinski definition) is 1. The lowest BCUT2D eigenvalue weighted by atomic mass is 10.4. The Morgan fingerprint density at radius 2 is 2.28 bits per heavy atom. The molecule has 0 unspecified atom stereocenters. The van der Waals surface area contributed by atoms with Crippen molar-refractivity contribution in [3.05, 3.63) is 36.8 Å². The number of anilines is 1. The van der Waals surface area contributed by atoms with Gasteiger partial charge in [-0.05, 0) is 12.1 Å². The fraction of sp³-hybridized carbons (Fsp3) is 0.250. The third-order valence-electron chi connectivity index (χ3n) is 2.27. The van der Waals surface area contributed by atoms with Gasteiger partial charge in [-0.25, -0.2) is 9.97 Å². The Hall–Kier alpha value is -1.82. The lowest BCUT2D eigenvalue weighted by molar-refractivity contribution is -0.115. The Balaban J connectivity index is 1.74. The van der Waals surface area contributed by atoms with E-state index in [9.17, 15) is 4.79 Å². The van der Waals surface area contributed by atoms with E-state index in [0.717, 1.165) is 5.16 Å². The number of rotatable bonds is 5. The first kappa shape index (κ1) is 12.6. The maximum atomic E-state index is 11.6. The summed E-state index contributed by atoms with van der Waals surface area (Å²) in [5.41, 5.74) is 0. The fourth-order valence-electron chi connectivity index (χ4n) is 1.37. The van der Waals surface area contributed by atoms with Crippen molar-refractivity contribution in [2.24, 2.45) is 7.05 Å². The number of imidazole rings is 1. The van der Waals surface area contributed by atoms with Gasteiger partial charge in [0.1, 0.15) is 5.82 Å². The Bertz CT molecular complexity index is 512. The average molecular weight is 262 g/mol. The summed E-state index contributed by atoms with van der Waals surface area (Å²) in [5, 5.41) is 3.66. The van der Waals surface area contributed by atoms with Crippen molar-refractivity contribution >= 4 is 23.5 Å². The number of nitrogens with one attached hydrogen (secondary N) is 1. The highest BCUT2D eigenvalue weighted by molar-refractivity contribution is 7.99. The molecule has 0 aliphatic carbocycles. The zero-order valence-corrected chi connectivity index (χ0v) is 10.9. The van der Waals surface area contributed by atoms with Gasteiger partial charge in [0, 0.05) is 37.8 Å². The first-order chi connectivity index (χ1) is 8.75. The topological polar surface area (TPSA) is 59.8 Å². The predicted molar refractivity (Wildman–Crippen MR) is 71.4 cm³/mol. The van der Waals surface area contributed by atoms with Crippen molar-refractivity contribution in [1.29, 1.82) is 0 Å². The summed E-state index contributed by atoms with van der Waals surface area (Å²) in [5.74, 6) is 1.25. The second-order valence-corrected chi connectivity index (χ2v) is 4.74. The SMILES string of the molecule is Cn1ccnc1SCCC(=O)Nc1ccccn1.